The van der Waals surface area contributed by atoms with E-state index in [1.165, 1.54) is 13.2 Å². The molecule has 1 aliphatic carbocycles. The Hall–Kier alpha value is -1.62. The molecule has 4 fully saturated rings. The van der Waals surface area contributed by atoms with Crippen LogP contribution in [0.4, 0.5) is 18.0 Å². The average Bonchev–Trinajstić information content (AvgIpc) is 3.09. The molecule has 29 heavy (non-hydrogen) atoms. The van der Waals surface area contributed by atoms with Crippen LogP contribution in [-0.4, -0.2) is 67.3 Å². The van der Waals surface area contributed by atoms with Crippen molar-refractivity contribution in [1.29, 1.82) is 0 Å². The number of amides is 2. The van der Waals surface area contributed by atoms with Crippen LogP contribution in [0.2, 0.25) is 0 Å². The van der Waals surface area contributed by atoms with Gasteiger partial charge < -0.3 is 9.80 Å². The summed E-state index contributed by atoms with van der Waals surface area (Å²) in [6.45, 7) is 2.57. The molecule has 5 rings (SSSR count). The molecule has 4 aliphatic rings. The molecule has 0 radical (unpaired) electrons. The van der Waals surface area contributed by atoms with Gasteiger partial charge in [-0.15, -0.1) is 0 Å². The van der Waals surface area contributed by atoms with Gasteiger partial charge in [-0.25, -0.2) is 13.7 Å². The van der Waals surface area contributed by atoms with Crippen molar-refractivity contribution in [2.24, 2.45) is 18.4 Å². The van der Waals surface area contributed by atoms with Crippen molar-refractivity contribution < 1.29 is 22.2 Å². The largest absolute Gasteiger partial charge is 0.433 e. The molecule has 3 aliphatic heterocycles. The van der Waals surface area contributed by atoms with E-state index in [0.29, 0.717) is 38.4 Å². The van der Waals surface area contributed by atoms with Crippen molar-refractivity contribution >= 4 is 17.0 Å². The van der Waals surface area contributed by atoms with Crippen LogP contribution in [-0.2, 0) is 30.6 Å². The number of likely N-dealkylation sites (tertiary alicyclic amines) is 2. The number of halogens is 3. The number of rotatable bonds is 2. The second-order valence-corrected chi connectivity index (χ2v) is 10.6. The molecule has 160 valence electrons. The normalized spacial score (nSPS) is 27.8. The van der Waals surface area contributed by atoms with Crippen molar-refractivity contribution in [2.45, 2.75) is 37.4 Å². The summed E-state index contributed by atoms with van der Waals surface area (Å²) in [4.78, 5) is 16.2. The lowest BCUT2D eigenvalue weighted by Crippen LogP contribution is -2.73. The molecule has 1 N–H and O–H groups in total. The molecule has 1 aromatic rings. The topological polar surface area (TPSA) is 70.5 Å². The fourth-order valence-corrected chi connectivity index (χ4v) is 7.04. The second kappa shape index (κ2) is 6.19. The minimum Gasteiger partial charge on any atom is -0.323 e. The zero-order valence-corrected chi connectivity index (χ0v) is 17.0. The Morgan fingerprint density at radius 1 is 1.28 bits per heavy atom. The Labute approximate surface area is 169 Å². The first-order chi connectivity index (χ1) is 13.6. The third-order valence-corrected chi connectivity index (χ3v) is 8.15. The lowest BCUT2D eigenvalue weighted by Gasteiger charge is -2.61. The Kier molecular flexibility index (Phi) is 4.13. The van der Waals surface area contributed by atoms with Gasteiger partial charge in [0.15, 0.2) is 0 Å². The number of hydrogen-bond acceptors (Lipinski definition) is 3. The van der Waals surface area contributed by atoms with E-state index >= 15 is 0 Å². The summed E-state index contributed by atoms with van der Waals surface area (Å²) in [7, 11) is 0.345. The van der Waals surface area contributed by atoms with Crippen LogP contribution in [0.3, 0.4) is 0 Å². The van der Waals surface area contributed by atoms with Crippen LogP contribution in [0.5, 0.6) is 0 Å². The standard InChI is InChI=1S/C18H24F3N5O2S/c1-24-14(18(19,20)21)13(7-22-24)4-12-5-16(6-12)8-25(9-16)15(27)26-10-17(11-26)2-3-29(28)23-17/h7,12,23H,2-6,8-11H2,1H3. The van der Waals surface area contributed by atoms with Crippen LogP contribution in [0.15, 0.2) is 6.20 Å². The number of nitrogens with one attached hydrogen (secondary N) is 1. The first-order valence-electron chi connectivity index (χ1n) is 9.86. The summed E-state index contributed by atoms with van der Waals surface area (Å²) in [6, 6.07) is 0.0239. The molecule has 11 heteroatoms. The Bertz CT molecular complexity index is 865. The summed E-state index contributed by atoms with van der Waals surface area (Å²) in [5, 5.41) is 3.78. The highest BCUT2D eigenvalue weighted by molar-refractivity contribution is 7.83. The molecular weight excluding hydrogens is 407 g/mol. The predicted molar refractivity (Wildman–Crippen MR) is 99.1 cm³/mol. The number of carbonyl (C=O) groups excluding carboxylic acids is 1. The van der Waals surface area contributed by atoms with E-state index in [1.807, 2.05) is 4.90 Å². The summed E-state index contributed by atoms with van der Waals surface area (Å²) in [5.41, 5.74) is -0.474. The Morgan fingerprint density at radius 2 is 1.93 bits per heavy atom. The van der Waals surface area contributed by atoms with E-state index < -0.39 is 22.9 Å². The summed E-state index contributed by atoms with van der Waals surface area (Å²) in [5.74, 6) is 0.853. The number of aromatic nitrogens is 2. The second-order valence-electron chi connectivity index (χ2n) is 9.29. The van der Waals surface area contributed by atoms with Crippen LogP contribution in [0, 0.1) is 11.3 Å². The highest BCUT2D eigenvalue weighted by atomic mass is 32.2. The molecule has 2 spiro atoms. The fourth-order valence-electron chi connectivity index (χ4n) is 5.65. The molecule has 0 bridgehead atoms. The van der Waals surface area contributed by atoms with Gasteiger partial charge in [0.1, 0.15) is 5.69 Å². The minimum atomic E-state index is -4.39. The van der Waals surface area contributed by atoms with E-state index in [1.54, 1.807) is 4.90 Å². The van der Waals surface area contributed by atoms with Gasteiger partial charge in [-0.1, -0.05) is 0 Å². The zero-order chi connectivity index (χ0) is 20.6. The number of alkyl halides is 3. The van der Waals surface area contributed by atoms with E-state index in [-0.39, 0.29) is 28.5 Å². The lowest BCUT2D eigenvalue weighted by molar-refractivity contribution is -0.144. The molecule has 2 amide bonds. The molecule has 4 heterocycles. The smallest absolute Gasteiger partial charge is 0.323 e. The maximum atomic E-state index is 13.2. The molecule has 1 unspecified atom stereocenters. The van der Waals surface area contributed by atoms with Gasteiger partial charge in [0.05, 0.1) is 22.7 Å². The van der Waals surface area contributed by atoms with E-state index in [9.17, 15) is 22.2 Å². The van der Waals surface area contributed by atoms with E-state index in [0.717, 1.165) is 23.9 Å². The monoisotopic (exact) mass is 431 g/mol. The maximum absolute atomic E-state index is 13.2. The van der Waals surface area contributed by atoms with Crippen molar-refractivity contribution in [3.8, 4) is 0 Å². The Morgan fingerprint density at radius 3 is 2.52 bits per heavy atom. The third-order valence-electron chi connectivity index (χ3n) is 6.91. The molecule has 1 atom stereocenters. The van der Waals surface area contributed by atoms with Gasteiger partial charge in [0.2, 0.25) is 0 Å². The number of nitrogens with zero attached hydrogens (tertiary/aromatic N) is 4. The van der Waals surface area contributed by atoms with Crippen molar-refractivity contribution in [3.63, 3.8) is 0 Å². The maximum Gasteiger partial charge on any atom is 0.433 e. The van der Waals surface area contributed by atoms with Gasteiger partial charge >= 0.3 is 12.2 Å². The molecule has 0 aromatic carbocycles. The highest BCUT2D eigenvalue weighted by Crippen LogP contribution is 2.53. The van der Waals surface area contributed by atoms with Gasteiger partial charge in [-0.05, 0) is 31.6 Å². The van der Waals surface area contributed by atoms with Crippen LogP contribution < -0.4 is 4.72 Å². The average molecular weight is 431 g/mol. The SMILES string of the molecule is Cn1ncc(CC2CC3(C2)CN(C(=O)N2CC4(CCS(=O)N4)C2)C3)c1C(F)(F)F. The highest BCUT2D eigenvalue weighted by Gasteiger charge is 2.57. The van der Waals surface area contributed by atoms with Gasteiger partial charge in [0, 0.05) is 50.0 Å². The first kappa shape index (κ1) is 19.3. The van der Waals surface area contributed by atoms with Crippen LogP contribution in [0.25, 0.3) is 0 Å². The number of aryl methyl sites for hydroxylation is 1. The molecular formula is C18H24F3N5O2S. The molecule has 1 saturated carbocycles. The fraction of sp³-hybridized carbons (Fsp3) is 0.778. The van der Waals surface area contributed by atoms with Crippen molar-refractivity contribution in [1.82, 2.24) is 24.3 Å². The Balaban J connectivity index is 1.10. The van der Waals surface area contributed by atoms with Crippen LogP contribution in [0.1, 0.15) is 30.5 Å². The first-order valence-corrected chi connectivity index (χ1v) is 11.2. The number of carbonyl (C=O) groups is 1. The number of hydrogen-bond donors (Lipinski definition) is 1. The summed E-state index contributed by atoms with van der Waals surface area (Å²) < 4.78 is 55.1. The van der Waals surface area contributed by atoms with Gasteiger partial charge in [-0.3, -0.25) is 4.68 Å². The molecule has 7 nitrogen and oxygen atoms in total. The summed E-state index contributed by atoms with van der Waals surface area (Å²) >= 11 is 0. The van der Waals surface area contributed by atoms with Gasteiger partial charge in [0.25, 0.3) is 0 Å². The molecule has 1 aromatic heterocycles. The van der Waals surface area contributed by atoms with E-state index in [4.69, 9.17) is 0 Å². The van der Waals surface area contributed by atoms with E-state index in [2.05, 4.69) is 9.82 Å². The quantitative estimate of drug-likeness (QED) is 0.772. The summed E-state index contributed by atoms with van der Waals surface area (Å²) in [6.07, 6.45) is -0.134. The zero-order valence-electron chi connectivity index (χ0n) is 16.2. The lowest BCUT2D eigenvalue weighted by atomic mass is 9.56. The third kappa shape index (κ3) is 3.17. The molecule has 3 saturated heterocycles. The predicted octanol–water partition coefficient (Wildman–Crippen LogP) is 1.52. The van der Waals surface area contributed by atoms with Crippen molar-refractivity contribution in [3.05, 3.63) is 17.5 Å². The van der Waals surface area contributed by atoms with Crippen LogP contribution >= 0.6 is 0 Å². The number of urea groups is 1. The van der Waals surface area contributed by atoms with Gasteiger partial charge in [-0.2, -0.15) is 18.3 Å². The minimum absolute atomic E-state index is 0.0239. The van der Waals surface area contributed by atoms with Crippen molar-refractivity contribution in [2.75, 3.05) is 31.9 Å².